The highest BCUT2D eigenvalue weighted by atomic mass is 31.1. The van der Waals surface area contributed by atoms with Gasteiger partial charge in [-0.3, -0.25) is 4.57 Å². The van der Waals surface area contributed by atoms with E-state index in [-0.39, 0.29) is 0 Å². The van der Waals surface area contributed by atoms with Crippen LogP contribution in [0.25, 0.3) is 5.57 Å². The predicted octanol–water partition coefficient (Wildman–Crippen LogP) is 2.22. The first-order valence-electron chi connectivity index (χ1n) is 4.25. The SMILES string of the molecule is CC(=CC(=O)O)c1ccc(O[PH2]=O)cc1. The Hall–Kier alpha value is -1.54. The van der Waals surface area contributed by atoms with Gasteiger partial charge >= 0.3 is 5.97 Å². The maximum Gasteiger partial charge on any atom is 0.328 e. The summed E-state index contributed by atoms with van der Waals surface area (Å²) in [6, 6.07) is 6.75. The average Bonchev–Trinajstić information content (AvgIpc) is 2.18. The van der Waals surface area contributed by atoms with Crippen molar-refractivity contribution in [3.63, 3.8) is 0 Å². The van der Waals surface area contributed by atoms with Crippen LogP contribution in [-0.4, -0.2) is 11.1 Å². The molecule has 0 saturated heterocycles. The maximum atomic E-state index is 10.4. The Kier molecular flexibility index (Phi) is 4.13. The molecule has 0 saturated carbocycles. The van der Waals surface area contributed by atoms with E-state index in [2.05, 4.69) is 0 Å². The number of rotatable bonds is 4. The van der Waals surface area contributed by atoms with E-state index in [1.807, 2.05) is 0 Å². The monoisotopic (exact) mass is 226 g/mol. The summed E-state index contributed by atoms with van der Waals surface area (Å²) < 4.78 is 15.0. The van der Waals surface area contributed by atoms with E-state index >= 15 is 0 Å². The minimum atomic E-state index is -1.26. The Labute approximate surface area is 88.5 Å². The van der Waals surface area contributed by atoms with Gasteiger partial charge in [0, 0.05) is 6.08 Å². The first-order chi connectivity index (χ1) is 7.13. The summed E-state index contributed by atoms with van der Waals surface area (Å²) in [5.41, 5.74) is 1.45. The molecule has 1 atom stereocenters. The van der Waals surface area contributed by atoms with E-state index in [1.165, 1.54) is 0 Å². The molecule has 0 aromatic heterocycles. The molecule has 0 radical (unpaired) electrons. The third-order valence-electron chi connectivity index (χ3n) is 1.83. The lowest BCUT2D eigenvalue weighted by atomic mass is 10.1. The fourth-order valence-electron chi connectivity index (χ4n) is 1.12. The van der Waals surface area contributed by atoms with Gasteiger partial charge in [-0.1, -0.05) is 12.1 Å². The molecule has 5 heteroatoms. The highest BCUT2D eigenvalue weighted by Crippen LogP contribution is 2.20. The molecule has 1 N–H and O–H groups in total. The standard InChI is InChI=1S/C10H11O4P/c1-7(6-10(11)12)8-2-4-9(5-3-8)14-15-13/h2-6H,15H2,1H3,(H,11,12). The van der Waals surface area contributed by atoms with Crippen molar-refractivity contribution < 1.29 is 19.0 Å². The fourth-order valence-corrected chi connectivity index (χ4v) is 1.39. The third-order valence-corrected chi connectivity index (χ3v) is 2.20. The average molecular weight is 226 g/mol. The van der Waals surface area contributed by atoms with E-state index in [0.717, 1.165) is 11.6 Å². The summed E-state index contributed by atoms with van der Waals surface area (Å²) in [7, 11) is -1.26. The second-order valence-electron chi connectivity index (χ2n) is 2.90. The topological polar surface area (TPSA) is 63.6 Å². The number of hydrogen-bond acceptors (Lipinski definition) is 3. The maximum absolute atomic E-state index is 10.4. The summed E-state index contributed by atoms with van der Waals surface area (Å²) in [6.07, 6.45) is 1.13. The Morgan fingerprint density at radius 1 is 1.40 bits per heavy atom. The Balaban J connectivity index is 2.88. The van der Waals surface area contributed by atoms with Gasteiger partial charge in [0.05, 0.1) is 0 Å². The summed E-state index contributed by atoms with van der Waals surface area (Å²) >= 11 is 0. The zero-order chi connectivity index (χ0) is 11.3. The van der Waals surface area contributed by atoms with Gasteiger partial charge in [0.25, 0.3) is 0 Å². The summed E-state index contributed by atoms with van der Waals surface area (Å²) in [6.45, 7) is 1.71. The van der Waals surface area contributed by atoms with E-state index in [4.69, 9.17) is 9.63 Å². The molecule has 1 aromatic carbocycles. The molecule has 0 amide bonds. The lowest BCUT2D eigenvalue weighted by Gasteiger charge is -2.02. The molecular formula is C10H11O4P. The lowest BCUT2D eigenvalue weighted by Crippen LogP contribution is -1.89. The number of carboxylic acids is 1. The molecule has 0 aliphatic heterocycles. The van der Waals surface area contributed by atoms with Crippen LogP contribution in [0.15, 0.2) is 30.3 Å². The quantitative estimate of drug-likeness (QED) is 0.631. The summed E-state index contributed by atoms with van der Waals surface area (Å²) in [5, 5.41) is 8.54. The summed E-state index contributed by atoms with van der Waals surface area (Å²) in [4.78, 5) is 10.4. The highest BCUT2D eigenvalue weighted by molar-refractivity contribution is 7.17. The van der Waals surface area contributed by atoms with Crippen LogP contribution in [-0.2, 0) is 9.36 Å². The van der Waals surface area contributed by atoms with Crippen LogP contribution < -0.4 is 4.52 Å². The molecule has 0 spiro atoms. The molecular weight excluding hydrogens is 215 g/mol. The molecule has 0 bridgehead atoms. The second-order valence-corrected chi connectivity index (χ2v) is 3.33. The zero-order valence-corrected chi connectivity index (χ0v) is 9.29. The van der Waals surface area contributed by atoms with Crippen molar-refractivity contribution in [1.29, 1.82) is 0 Å². The highest BCUT2D eigenvalue weighted by Gasteiger charge is 1.99. The van der Waals surface area contributed by atoms with Crippen molar-refractivity contribution in [3.8, 4) is 5.75 Å². The molecule has 0 fully saturated rings. The van der Waals surface area contributed by atoms with Crippen molar-refractivity contribution in [2.24, 2.45) is 0 Å². The molecule has 1 aromatic rings. The molecule has 0 aliphatic rings. The Morgan fingerprint density at radius 2 is 2.00 bits per heavy atom. The molecule has 1 rings (SSSR count). The fraction of sp³-hybridized carbons (Fsp3) is 0.100. The number of carboxylic acid groups (broad SMARTS) is 1. The van der Waals surface area contributed by atoms with Crippen LogP contribution in [0.2, 0.25) is 0 Å². The largest absolute Gasteiger partial charge is 0.478 e. The second kappa shape index (κ2) is 5.37. The third kappa shape index (κ3) is 3.60. The van der Waals surface area contributed by atoms with Gasteiger partial charge in [-0.05, 0) is 30.2 Å². The first-order valence-corrected chi connectivity index (χ1v) is 5.19. The first kappa shape index (κ1) is 11.5. The van der Waals surface area contributed by atoms with Gasteiger partial charge in [-0.15, -0.1) is 0 Å². The van der Waals surface area contributed by atoms with Crippen molar-refractivity contribution in [3.05, 3.63) is 35.9 Å². The van der Waals surface area contributed by atoms with Crippen LogP contribution in [0.4, 0.5) is 0 Å². The van der Waals surface area contributed by atoms with Crippen molar-refractivity contribution in [2.45, 2.75) is 6.92 Å². The van der Waals surface area contributed by atoms with Crippen molar-refractivity contribution >= 4 is 20.2 Å². The molecule has 1 unspecified atom stereocenters. The van der Waals surface area contributed by atoms with Gasteiger partial charge in [0.1, 0.15) is 5.75 Å². The number of carbonyl (C=O) groups is 1. The van der Waals surface area contributed by atoms with Crippen LogP contribution in [0.5, 0.6) is 5.75 Å². The number of aliphatic carboxylic acids is 1. The molecule has 80 valence electrons. The van der Waals surface area contributed by atoms with Gasteiger partial charge in [0.2, 0.25) is 8.69 Å². The number of benzene rings is 1. The molecule has 15 heavy (non-hydrogen) atoms. The van der Waals surface area contributed by atoms with Gasteiger partial charge in [-0.25, -0.2) is 4.79 Å². The normalized spacial score (nSPS) is 11.9. The van der Waals surface area contributed by atoms with E-state index in [9.17, 15) is 9.36 Å². The lowest BCUT2D eigenvalue weighted by molar-refractivity contribution is -0.131. The van der Waals surface area contributed by atoms with Crippen LogP contribution in [0.3, 0.4) is 0 Å². The van der Waals surface area contributed by atoms with E-state index in [1.54, 1.807) is 31.2 Å². The van der Waals surface area contributed by atoms with E-state index in [0.29, 0.717) is 11.3 Å². The smallest absolute Gasteiger partial charge is 0.328 e. The van der Waals surface area contributed by atoms with Crippen LogP contribution >= 0.6 is 8.69 Å². The zero-order valence-electron chi connectivity index (χ0n) is 8.14. The molecule has 0 heterocycles. The molecule has 4 nitrogen and oxygen atoms in total. The summed E-state index contributed by atoms with van der Waals surface area (Å²) in [5.74, 6) is -0.455. The number of allylic oxidation sites excluding steroid dienone is 1. The van der Waals surface area contributed by atoms with Gasteiger partial charge < -0.3 is 9.63 Å². The minimum Gasteiger partial charge on any atom is -0.478 e. The van der Waals surface area contributed by atoms with Crippen LogP contribution in [0, 0.1) is 0 Å². The Bertz CT molecular complexity index is 394. The van der Waals surface area contributed by atoms with Crippen molar-refractivity contribution in [2.75, 3.05) is 0 Å². The number of hydrogen-bond donors (Lipinski definition) is 1. The molecule has 0 aliphatic carbocycles. The van der Waals surface area contributed by atoms with Crippen LogP contribution in [0.1, 0.15) is 12.5 Å². The predicted molar refractivity (Wildman–Crippen MR) is 58.8 cm³/mol. The minimum absolute atomic E-state index is 0.520. The van der Waals surface area contributed by atoms with E-state index < -0.39 is 14.7 Å². The van der Waals surface area contributed by atoms with Gasteiger partial charge in [0.15, 0.2) is 0 Å². The van der Waals surface area contributed by atoms with Crippen molar-refractivity contribution in [1.82, 2.24) is 0 Å². The van der Waals surface area contributed by atoms with Gasteiger partial charge in [-0.2, -0.15) is 0 Å². The Morgan fingerprint density at radius 3 is 2.47 bits per heavy atom.